The Balaban J connectivity index is 2.58. The van der Waals surface area contributed by atoms with Crippen molar-refractivity contribution in [3.8, 4) is 5.75 Å². The molecule has 19 heavy (non-hydrogen) atoms. The Morgan fingerprint density at radius 3 is 2.58 bits per heavy atom. The van der Waals surface area contributed by atoms with Crippen LogP contribution in [0.4, 0.5) is 0 Å². The van der Waals surface area contributed by atoms with Crippen LogP contribution in [0.5, 0.6) is 5.75 Å². The SMILES string of the molecule is CCC(C)Oc1ccc(/C(N)=N/O)c2ccccc12. The van der Waals surface area contributed by atoms with Crippen LogP contribution in [-0.4, -0.2) is 17.1 Å². The maximum atomic E-state index is 8.83. The Hall–Kier alpha value is -2.23. The predicted octanol–water partition coefficient (Wildman–Crippen LogP) is 3.11. The van der Waals surface area contributed by atoms with Crippen LogP contribution in [-0.2, 0) is 0 Å². The van der Waals surface area contributed by atoms with Crippen LogP contribution in [0.15, 0.2) is 41.6 Å². The summed E-state index contributed by atoms with van der Waals surface area (Å²) in [6.45, 7) is 4.11. The molecule has 0 aromatic heterocycles. The lowest BCUT2D eigenvalue weighted by Crippen LogP contribution is -2.14. The summed E-state index contributed by atoms with van der Waals surface area (Å²) in [6, 6.07) is 11.5. The molecule has 4 heteroatoms. The van der Waals surface area contributed by atoms with Gasteiger partial charge in [0, 0.05) is 10.9 Å². The van der Waals surface area contributed by atoms with Crippen molar-refractivity contribution in [2.75, 3.05) is 0 Å². The van der Waals surface area contributed by atoms with E-state index in [1.807, 2.05) is 43.3 Å². The molecule has 0 spiro atoms. The van der Waals surface area contributed by atoms with Gasteiger partial charge in [0.1, 0.15) is 5.75 Å². The zero-order chi connectivity index (χ0) is 13.8. The molecular weight excluding hydrogens is 240 g/mol. The van der Waals surface area contributed by atoms with Crippen molar-refractivity contribution in [1.29, 1.82) is 0 Å². The summed E-state index contributed by atoms with van der Waals surface area (Å²) in [5.74, 6) is 0.922. The molecule has 0 fully saturated rings. The van der Waals surface area contributed by atoms with Crippen molar-refractivity contribution >= 4 is 16.6 Å². The molecule has 0 aliphatic rings. The Bertz CT molecular complexity index is 608. The van der Waals surface area contributed by atoms with Gasteiger partial charge in [0.05, 0.1) is 6.10 Å². The third-order valence-corrected chi connectivity index (χ3v) is 3.17. The van der Waals surface area contributed by atoms with Gasteiger partial charge in [-0.25, -0.2) is 0 Å². The molecule has 4 nitrogen and oxygen atoms in total. The number of hydrogen-bond acceptors (Lipinski definition) is 3. The number of hydrogen-bond donors (Lipinski definition) is 2. The normalized spacial score (nSPS) is 13.5. The van der Waals surface area contributed by atoms with Crippen molar-refractivity contribution in [2.45, 2.75) is 26.4 Å². The molecule has 100 valence electrons. The summed E-state index contributed by atoms with van der Waals surface area (Å²) in [4.78, 5) is 0. The van der Waals surface area contributed by atoms with Crippen molar-refractivity contribution < 1.29 is 9.94 Å². The van der Waals surface area contributed by atoms with Crippen molar-refractivity contribution in [3.63, 3.8) is 0 Å². The van der Waals surface area contributed by atoms with Gasteiger partial charge in [0.15, 0.2) is 5.84 Å². The topological polar surface area (TPSA) is 67.8 Å². The fourth-order valence-electron chi connectivity index (χ4n) is 1.95. The smallest absolute Gasteiger partial charge is 0.170 e. The van der Waals surface area contributed by atoms with E-state index >= 15 is 0 Å². The van der Waals surface area contributed by atoms with Gasteiger partial charge in [-0.05, 0) is 30.9 Å². The highest BCUT2D eigenvalue weighted by Gasteiger charge is 2.11. The zero-order valence-electron chi connectivity index (χ0n) is 11.1. The summed E-state index contributed by atoms with van der Waals surface area (Å²) in [6.07, 6.45) is 1.09. The number of rotatable bonds is 4. The molecule has 1 unspecified atom stereocenters. The van der Waals surface area contributed by atoms with Gasteiger partial charge < -0.3 is 15.7 Å². The number of nitrogens with zero attached hydrogens (tertiary/aromatic N) is 1. The van der Waals surface area contributed by atoms with Gasteiger partial charge in [0.2, 0.25) is 0 Å². The highest BCUT2D eigenvalue weighted by Crippen LogP contribution is 2.29. The summed E-state index contributed by atoms with van der Waals surface area (Å²) < 4.78 is 5.90. The van der Waals surface area contributed by atoms with E-state index in [0.717, 1.165) is 22.9 Å². The lowest BCUT2D eigenvalue weighted by Gasteiger charge is -2.16. The molecule has 2 rings (SSSR count). The van der Waals surface area contributed by atoms with Gasteiger partial charge in [0.25, 0.3) is 0 Å². The minimum atomic E-state index is 0.103. The number of fused-ring (bicyclic) bond motifs is 1. The van der Waals surface area contributed by atoms with Crippen molar-refractivity contribution in [1.82, 2.24) is 0 Å². The van der Waals surface area contributed by atoms with E-state index in [-0.39, 0.29) is 11.9 Å². The van der Waals surface area contributed by atoms with Crippen molar-refractivity contribution in [3.05, 3.63) is 42.0 Å². The second kappa shape index (κ2) is 5.61. The Labute approximate surface area is 112 Å². The minimum absolute atomic E-state index is 0.103. The van der Waals surface area contributed by atoms with Gasteiger partial charge in [-0.15, -0.1) is 0 Å². The highest BCUT2D eigenvalue weighted by molar-refractivity contribution is 6.10. The fourth-order valence-corrected chi connectivity index (χ4v) is 1.95. The number of oxime groups is 1. The molecule has 0 heterocycles. The Kier molecular flexibility index (Phi) is 3.90. The van der Waals surface area contributed by atoms with Crippen LogP contribution in [0, 0.1) is 0 Å². The van der Waals surface area contributed by atoms with E-state index in [4.69, 9.17) is 15.7 Å². The molecule has 0 aliphatic carbocycles. The molecule has 0 saturated heterocycles. The van der Waals surface area contributed by atoms with Gasteiger partial charge >= 0.3 is 0 Å². The van der Waals surface area contributed by atoms with Gasteiger partial charge in [-0.3, -0.25) is 0 Å². The molecule has 0 aliphatic heterocycles. The fraction of sp³-hybridized carbons (Fsp3) is 0.267. The summed E-state index contributed by atoms with van der Waals surface area (Å²) in [5, 5.41) is 13.8. The van der Waals surface area contributed by atoms with E-state index in [0.29, 0.717) is 5.56 Å². The first-order chi connectivity index (χ1) is 9.17. The monoisotopic (exact) mass is 258 g/mol. The van der Waals surface area contributed by atoms with E-state index in [2.05, 4.69) is 12.1 Å². The second-order valence-electron chi connectivity index (χ2n) is 4.48. The largest absolute Gasteiger partial charge is 0.490 e. The van der Waals surface area contributed by atoms with E-state index in [9.17, 15) is 0 Å². The first-order valence-electron chi connectivity index (χ1n) is 6.33. The second-order valence-corrected chi connectivity index (χ2v) is 4.48. The molecule has 2 aromatic rings. The van der Waals surface area contributed by atoms with Gasteiger partial charge in [-0.1, -0.05) is 36.3 Å². The van der Waals surface area contributed by atoms with E-state index in [1.165, 1.54) is 0 Å². The Morgan fingerprint density at radius 2 is 1.95 bits per heavy atom. The molecule has 0 amide bonds. The lowest BCUT2D eigenvalue weighted by atomic mass is 10.0. The van der Waals surface area contributed by atoms with Crippen LogP contribution in [0.3, 0.4) is 0 Å². The highest BCUT2D eigenvalue weighted by atomic mass is 16.5. The number of ether oxygens (including phenoxy) is 1. The molecule has 2 aromatic carbocycles. The number of amidine groups is 1. The average molecular weight is 258 g/mol. The molecular formula is C15H18N2O2. The number of nitrogens with two attached hydrogens (primary N) is 1. The van der Waals surface area contributed by atoms with Crippen LogP contribution >= 0.6 is 0 Å². The standard InChI is InChI=1S/C15H18N2O2/c1-3-10(2)19-14-9-8-13(15(16)17-18)11-6-4-5-7-12(11)14/h4-10,18H,3H2,1-2H3,(H2,16,17). The summed E-state index contributed by atoms with van der Waals surface area (Å²) in [5.41, 5.74) is 6.40. The zero-order valence-corrected chi connectivity index (χ0v) is 11.1. The van der Waals surface area contributed by atoms with Crippen LogP contribution < -0.4 is 10.5 Å². The third kappa shape index (κ3) is 2.62. The molecule has 0 saturated carbocycles. The van der Waals surface area contributed by atoms with Crippen LogP contribution in [0.2, 0.25) is 0 Å². The van der Waals surface area contributed by atoms with E-state index in [1.54, 1.807) is 0 Å². The molecule has 0 bridgehead atoms. The predicted molar refractivity (Wildman–Crippen MR) is 76.8 cm³/mol. The molecule has 3 N–H and O–H groups in total. The maximum Gasteiger partial charge on any atom is 0.170 e. The minimum Gasteiger partial charge on any atom is -0.490 e. The van der Waals surface area contributed by atoms with E-state index < -0.39 is 0 Å². The quantitative estimate of drug-likeness (QED) is 0.383. The maximum absolute atomic E-state index is 8.83. The van der Waals surface area contributed by atoms with Crippen LogP contribution in [0.1, 0.15) is 25.8 Å². The lowest BCUT2D eigenvalue weighted by molar-refractivity contribution is 0.220. The van der Waals surface area contributed by atoms with Crippen LogP contribution in [0.25, 0.3) is 10.8 Å². The molecule has 1 atom stereocenters. The third-order valence-electron chi connectivity index (χ3n) is 3.17. The summed E-state index contributed by atoms with van der Waals surface area (Å²) >= 11 is 0. The number of benzene rings is 2. The first-order valence-corrected chi connectivity index (χ1v) is 6.33. The average Bonchev–Trinajstić information content (AvgIpc) is 2.46. The summed E-state index contributed by atoms with van der Waals surface area (Å²) in [7, 11) is 0. The molecule has 0 radical (unpaired) electrons. The van der Waals surface area contributed by atoms with Gasteiger partial charge in [-0.2, -0.15) is 0 Å². The first kappa shape index (κ1) is 13.2. The Morgan fingerprint density at radius 1 is 1.26 bits per heavy atom. The van der Waals surface area contributed by atoms with Crippen molar-refractivity contribution in [2.24, 2.45) is 10.9 Å².